The van der Waals surface area contributed by atoms with E-state index in [1.54, 1.807) is 0 Å². The van der Waals surface area contributed by atoms with Crippen LogP contribution < -0.4 is 4.74 Å². The summed E-state index contributed by atoms with van der Waals surface area (Å²) in [6.07, 6.45) is -4.36. The summed E-state index contributed by atoms with van der Waals surface area (Å²) in [4.78, 5) is 0. The van der Waals surface area contributed by atoms with Crippen LogP contribution in [0.15, 0.2) is 48.5 Å². The summed E-state index contributed by atoms with van der Waals surface area (Å²) in [5.41, 5.74) is 0.758. The molecule has 0 saturated carbocycles. The maximum atomic E-state index is 12.6. The molecular weight excluding hydrogens is 241 g/mol. The minimum absolute atomic E-state index is 0.219. The number of ether oxygens (including phenoxy) is 1. The van der Waals surface area contributed by atoms with Gasteiger partial charge in [0.2, 0.25) is 0 Å². The minimum atomic E-state index is -4.36. The number of halogens is 3. The number of hydrogen-bond donors (Lipinski definition) is 0. The first-order chi connectivity index (χ1) is 8.52. The normalized spacial score (nSPS) is 11.3. The molecule has 0 bridgehead atoms. The van der Waals surface area contributed by atoms with Crippen molar-refractivity contribution in [2.75, 3.05) is 7.11 Å². The van der Waals surface area contributed by atoms with Crippen LogP contribution in [0.1, 0.15) is 5.56 Å². The molecule has 0 fully saturated rings. The fourth-order valence-corrected chi connectivity index (χ4v) is 1.72. The first-order valence-electron chi connectivity index (χ1n) is 5.33. The van der Waals surface area contributed by atoms with Gasteiger partial charge in [-0.2, -0.15) is 13.2 Å². The number of hydrogen-bond acceptors (Lipinski definition) is 1. The van der Waals surface area contributed by atoms with E-state index in [-0.39, 0.29) is 5.75 Å². The Balaban J connectivity index is 2.51. The van der Waals surface area contributed by atoms with E-state index in [1.165, 1.54) is 13.2 Å². The van der Waals surface area contributed by atoms with Gasteiger partial charge in [0.15, 0.2) is 0 Å². The second-order valence-electron chi connectivity index (χ2n) is 3.78. The van der Waals surface area contributed by atoms with Gasteiger partial charge >= 0.3 is 6.18 Å². The van der Waals surface area contributed by atoms with Crippen molar-refractivity contribution in [3.63, 3.8) is 0 Å². The summed E-state index contributed by atoms with van der Waals surface area (Å²) in [7, 11) is 1.36. The van der Waals surface area contributed by atoms with Crippen LogP contribution in [0, 0.1) is 0 Å². The third-order valence-electron chi connectivity index (χ3n) is 2.61. The second-order valence-corrected chi connectivity index (χ2v) is 3.78. The molecule has 0 atom stereocenters. The van der Waals surface area contributed by atoms with E-state index in [9.17, 15) is 13.2 Å². The molecule has 0 radical (unpaired) electrons. The molecule has 4 heteroatoms. The fourth-order valence-electron chi connectivity index (χ4n) is 1.72. The van der Waals surface area contributed by atoms with Gasteiger partial charge in [-0.1, -0.05) is 36.4 Å². The Bertz CT molecular complexity index is 532. The lowest BCUT2D eigenvalue weighted by Crippen LogP contribution is -2.05. The standard InChI is InChI=1S/C14H11F3O/c1-18-13-9-11(14(15,16)17)7-8-12(13)10-5-3-2-4-6-10/h2-9H,1H3. The topological polar surface area (TPSA) is 9.23 Å². The van der Waals surface area contributed by atoms with E-state index in [2.05, 4.69) is 0 Å². The van der Waals surface area contributed by atoms with Crippen LogP contribution in [0.4, 0.5) is 13.2 Å². The number of alkyl halides is 3. The van der Waals surface area contributed by atoms with Crippen molar-refractivity contribution in [3.05, 3.63) is 54.1 Å². The Kier molecular flexibility index (Phi) is 3.28. The third-order valence-corrected chi connectivity index (χ3v) is 2.61. The second kappa shape index (κ2) is 4.72. The maximum Gasteiger partial charge on any atom is 0.416 e. The SMILES string of the molecule is COc1cc(C(F)(F)F)ccc1-c1ccccc1. The Labute approximate surface area is 103 Å². The highest BCUT2D eigenvalue weighted by Crippen LogP contribution is 2.36. The average molecular weight is 252 g/mol. The zero-order valence-electron chi connectivity index (χ0n) is 9.66. The highest BCUT2D eigenvalue weighted by Gasteiger charge is 2.31. The van der Waals surface area contributed by atoms with Crippen molar-refractivity contribution >= 4 is 0 Å². The molecule has 0 saturated heterocycles. The lowest BCUT2D eigenvalue weighted by atomic mass is 10.0. The Hall–Kier alpha value is -1.97. The van der Waals surface area contributed by atoms with Crippen molar-refractivity contribution in [2.45, 2.75) is 6.18 Å². The van der Waals surface area contributed by atoms with Crippen LogP contribution in [0.5, 0.6) is 5.75 Å². The highest BCUT2D eigenvalue weighted by atomic mass is 19.4. The smallest absolute Gasteiger partial charge is 0.416 e. The quantitative estimate of drug-likeness (QED) is 0.770. The van der Waals surface area contributed by atoms with Gasteiger partial charge in [0.25, 0.3) is 0 Å². The Morgan fingerprint density at radius 1 is 0.944 bits per heavy atom. The van der Waals surface area contributed by atoms with Gasteiger partial charge in [0.05, 0.1) is 12.7 Å². The molecule has 1 nitrogen and oxygen atoms in total. The first kappa shape index (κ1) is 12.5. The van der Waals surface area contributed by atoms with Crippen molar-refractivity contribution in [1.82, 2.24) is 0 Å². The summed E-state index contributed by atoms with van der Waals surface area (Å²) in [5, 5.41) is 0. The molecule has 94 valence electrons. The maximum absolute atomic E-state index is 12.6. The molecule has 0 N–H and O–H groups in total. The monoisotopic (exact) mass is 252 g/mol. The molecule has 0 aliphatic heterocycles. The lowest BCUT2D eigenvalue weighted by molar-refractivity contribution is -0.137. The van der Waals surface area contributed by atoms with Gasteiger partial charge in [0, 0.05) is 5.56 Å². The summed E-state index contributed by atoms with van der Waals surface area (Å²) in [6, 6.07) is 12.7. The Morgan fingerprint density at radius 2 is 1.61 bits per heavy atom. The van der Waals surface area contributed by atoms with E-state index < -0.39 is 11.7 Å². The molecule has 0 heterocycles. The summed E-state index contributed by atoms with van der Waals surface area (Å²) in [5.74, 6) is 0.219. The number of methoxy groups -OCH3 is 1. The van der Waals surface area contributed by atoms with Gasteiger partial charge in [-0.05, 0) is 17.7 Å². The van der Waals surface area contributed by atoms with Crippen molar-refractivity contribution < 1.29 is 17.9 Å². The van der Waals surface area contributed by atoms with Gasteiger partial charge < -0.3 is 4.74 Å². The molecule has 0 amide bonds. The molecule has 2 aromatic carbocycles. The predicted octanol–water partition coefficient (Wildman–Crippen LogP) is 4.38. The van der Waals surface area contributed by atoms with E-state index in [0.717, 1.165) is 17.7 Å². The van der Waals surface area contributed by atoms with Gasteiger partial charge in [-0.3, -0.25) is 0 Å². The van der Waals surface area contributed by atoms with E-state index in [1.807, 2.05) is 30.3 Å². The van der Waals surface area contributed by atoms with E-state index in [4.69, 9.17) is 4.74 Å². The van der Waals surface area contributed by atoms with Gasteiger partial charge in [-0.25, -0.2) is 0 Å². The molecule has 0 spiro atoms. The van der Waals surface area contributed by atoms with Crippen LogP contribution in [0.3, 0.4) is 0 Å². The van der Waals surface area contributed by atoms with Crippen LogP contribution >= 0.6 is 0 Å². The lowest BCUT2D eigenvalue weighted by Gasteiger charge is -2.12. The summed E-state index contributed by atoms with van der Waals surface area (Å²) >= 11 is 0. The zero-order chi connectivity index (χ0) is 13.2. The summed E-state index contributed by atoms with van der Waals surface area (Å²) in [6.45, 7) is 0. The van der Waals surface area contributed by atoms with Crippen LogP contribution in [-0.2, 0) is 6.18 Å². The van der Waals surface area contributed by atoms with Gasteiger partial charge in [0.1, 0.15) is 5.75 Å². The number of rotatable bonds is 2. The molecule has 2 rings (SSSR count). The van der Waals surface area contributed by atoms with Crippen LogP contribution in [-0.4, -0.2) is 7.11 Å². The summed E-state index contributed by atoms with van der Waals surface area (Å²) < 4.78 is 42.8. The third kappa shape index (κ3) is 2.47. The zero-order valence-corrected chi connectivity index (χ0v) is 9.66. The molecule has 18 heavy (non-hydrogen) atoms. The predicted molar refractivity (Wildman–Crippen MR) is 63.4 cm³/mol. The number of benzene rings is 2. The largest absolute Gasteiger partial charge is 0.496 e. The molecule has 0 aromatic heterocycles. The molecular formula is C14H11F3O. The average Bonchev–Trinajstić information content (AvgIpc) is 2.38. The minimum Gasteiger partial charge on any atom is -0.496 e. The fraction of sp³-hybridized carbons (Fsp3) is 0.143. The van der Waals surface area contributed by atoms with Crippen LogP contribution in [0.2, 0.25) is 0 Å². The molecule has 0 aliphatic rings. The first-order valence-corrected chi connectivity index (χ1v) is 5.33. The van der Waals surface area contributed by atoms with E-state index in [0.29, 0.717) is 5.56 Å². The van der Waals surface area contributed by atoms with Crippen LogP contribution in [0.25, 0.3) is 11.1 Å². The molecule has 2 aromatic rings. The van der Waals surface area contributed by atoms with Crippen molar-refractivity contribution in [1.29, 1.82) is 0 Å². The van der Waals surface area contributed by atoms with Crippen molar-refractivity contribution in [2.24, 2.45) is 0 Å². The van der Waals surface area contributed by atoms with Gasteiger partial charge in [-0.15, -0.1) is 0 Å². The Morgan fingerprint density at radius 3 is 2.17 bits per heavy atom. The highest BCUT2D eigenvalue weighted by molar-refractivity contribution is 5.70. The molecule has 0 aliphatic carbocycles. The van der Waals surface area contributed by atoms with E-state index >= 15 is 0 Å². The van der Waals surface area contributed by atoms with Crippen molar-refractivity contribution in [3.8, 4) is 16.9 Å². The molecule has 0 unspecified atom stereocenters.